The third-order valence-corrected chi connectivity index (χ3v) is 4.61. The molecule has 0 atom stereocenters. The van der Waals surface area contributed by atoms with Crippen LogP contribution in [0.1, 0.15) is 38.1 Å². The van der Waals surface area contributed by atoms with Gasteiger partial charge in [0.05, 0.1) is 5.54 Å². The zero-order valence-corrected chi connectivity index (χ0v) is 11.6. The fourth-order valence-corrected chi connectivity index (χ4v) is 2.77. The average molecular weight is 268 g/mol. The Kier molecular flexibility index (Phi) is 3.59. The zero-order valence-electron chi connectivity index (χ0n) is 10.8. The summed E-state index contributed by atoms with van der Waals surface area (Å²) in [6.45, 7) is 5.13. The molecule has 100 valence electrons. The molecule has 4 N–H and O–H groups in total. The van der Waals surface area contributed by atoms with Crippen molar-refractivity contribution < 1.29 is 5.21 Å². The molecule has 0 bridgehead atoms. The number of nitrogens with one attached hydrogen (secondary N) is 1. The lowest BCUT2D eigenvalue weighted by Gasteiger charge is -2.27. The lowest BCUT2D eigenvalue weighted by molar-refractivity contribution is 0.310. The van der Waals surface area contributed by atoms with E-state index in [4.69, 9.17) is 10.9 Å². The first-order chi connectivity index (χ1) is 8.47. The molecule has 0 unspecified atom stereocenters. The second-order valence-corrected chi connectivity index (χ2v) is 6.48. The van der Waals surface area contributed by atoms with E-state index in [0.717, 1.165) is 24.4 Å². The topological polar surface area (TPSA) is 83.5 Å². The maximum Gasteiger partial charge on any atom is 0.139 e. The van der Waals surface area contributed by atoms with Gasteiger partial charge in [0.1, 0.15) is 10.8 Å². The van der Waals surface area contributed by atoms with E-state index in [0.29, 0.717) is 12.3 Å². The summed E-state index contributed by atoms with van der Waals surface area (Å²) in [6, 6.07) is 0. The standard InChI is InChI=1S/C12H20N4OS/c1-11(2,10-14-5-6-18-10)15-8-12(3-4-12)7-9(13)16-17/h5-6,15,17H,3-4,7-8H2,1-2H3,(H2,13,16). The summed E-state index contributed by atoms with van der Waals surface area (Å²) in [4.78, 5) is 4.35. The number of nitrogens with zero attached hydrogens (tertiary/aromatic N) is 2. The molecule has 2 rings (SSSR count). The first kappa shape index (κ1) is 13.3. The number of nitrogens with two attached hydrogens (primary N) is 1. The maximum atomic E-state index is 8.64. The lowest BCUT2D eigenvalue weighted by Crippen LogP contribution is -2.41. The van der Waals surface area contributed by atoms with E-state index in [1.807, 2.05) is 11.6 Å². The molecule has 1 aliphatic carbocycles. The van der Waals surface area contributed by atoms with Gasteiger partial charge in [-0.2, -0.15) is 0 Å². The van der Waals surface area contributed by atoms with Gasteiger partial charge < -0.3 is 16.3 Å². The third kappa shape index (κ3) is 3.00. The first-order valence-electron chi connectivity index (χ1n) is 6.09. The van der Waals surface area contributed by atoms with Gasteiger partial charge in [-0.3, -0.25) is 0 Å². The van der Waals surface area contributed by atoms with Crippen molar-refractivity contribution >= 4 is 17.2 Å². The van der Waals surface area contributed by atoms with E-state index >= 15 is 0 Å². The Bertz CT molecular complexity index is 423. The fraction of sp³-hybridized carbons (Fsp3) is 0.667. The number of amidine groups is 1. The van der Waals surface area contributed by atoms with Crippen LogP contribution in [-0.2, 0) is 5.54 Å². The molecule has 1 saturated carbocycles. The minimum Gasteiger partial charge on any atom is -0.409 e. The smallest absolute Gasteiger partial charge is 0.139 e. The van der Waals surface area contributed by atoms with Crippen molar-refractivity contribution in [2.75, 3.05) is 6.54 Å². The largest absolute Gasteiger partial charge is 0.409 e. The summed E-state index contributed by atoms with van der Waals surface area (Å²) in [5, 5.41) is 18.3. The van der Waals surface area contributed by atoms with E-state index in [2.05, 4.69) is 29.3 Å². The van der Waals surface area contributed by atoms with Gasteiger partial charge in [0.25, 0.3) is 0 Å². The Hall–Kier alpha value is -1.14. The van der Waals surface area contributed by atoms with Crippen molar-refractivity contribution in [3.63, 3.8) is 0 Å². The Morgan fingerprint density at radius 2 is 2.39 bits per heavy atom. The monoisotopic (exact) mass is 268 g/mol. The van der Waals surface area contributed by atoms with Crippen LogP contribution in [0.2, 0.25) is 0 Å². The van der Waals surface area contributed by atoms with Crippen LogP contribution in [0.4, 0.5) is 0 Å². The molecule has 0 aliphatic heterocycles. The highest BCUT2D eigenvalue weighted by Crippen LogP contribution is 2.48. The Labute approximate surface area is 111 Å². The second kappa shape index (κ2) is 4.85. The van der Waals surface area contributed by atoms with Crippen LogP contribution in [0.5, 0.6) is 0 Å². The highest BCUT2D eigenvalue weighted by Gasteiger charge is 2.44. The number of hydrogen-bond acceptors (Lipinski definition) is 5. The molecular weight excluding hydrogens is 248 g/mol. The van der Waals surface area contributed by atoms with Gasteiger partial charge in [-0.25, -0.2) is 4.98 Å². The van der Waals surface area contributed by atoms with E-state index in [1.165, 1.54) is 0 Å². The summed E-state index contributed by atoms with van der Waals surface area (Å²) in [5.74, 6) is 0.321. The summed E-state index contributed by atoms with van der Waals surface area (Å²) < 4.78 is 0. The predicted octanol–water partition coefficient (Wildman–Crippen LogP) is 1.88. The molecule has 1 fully saturated rings. The van der Waals surface area contributed by atoms with Crippen LogP contribution in [0, 0.1) is 5.41 Å². The van der Waals surface area contributed by atoms with Crippen LogP contribution in [0.25, 0.3) is 0 Å². The molecule has 0 amide bonds. The zero-order chi connectivity index (χ0) is 13.2. The van der Waals surface area contributed by atoms with Gasteiger partial charge in [0, 0.05) is 24.5 Å². The number of hydrogen-bond donors (Lipinski definition) is 3. The average Bonchev–Trinajstić information content (AvgIpc) is 2.88. The van der Waals surface area contributed by atoms with E-state index in [1.54, 1.807) is 11.3 Å². The van der Waals surface area contributed by atoms with Gasteiger partial charge in [-0.15, -0.1) is 11.3 Å². The highest BCUT2D eigenvalue weighted by molar-refractivity contribution is 7.09. The molecule has 0 radical (unpaired) electrons. The van der Waals surface area contributed by atoms with Gasteiger partial charge in [0.2, 0.25) is 0 Å². The van der Waals surface area contributed by atoms with Gasteiger partial charge in [0.15, 0.2) is 0 Å². The summed E-state index contributed by atoms with van der Waals surface area (Å²) in [6.07, 6.45) is 4.74. The van der Waals surface area contributed by atoms with Crippen molar-refractivity contribution in [1.29, 1.82) is 0 Å². The normalized spacial score (nSPS) is 18.9. The van der Waals surface area contributed by atoms with E-state index in [-0.39, 0.29) is 11.0 Å². The van der Waals surface area contributed by atoms with Crippen molar-refractivity contribution in [1.82, 2.24) is 10.3 Å². The van der Waals surface area contributed by atoms with Gasteiger partial charge >= 0.3 is 0 Å². The van der Waals surface area contributed by atoms with Crippen molar-refractivity contribution in [3.8, 4) is 0 Å². The minimum absolute atomic E-state index is 0.130. The number of oxime groups is 1. The van der Waals surface area contributed by atoms with E-state index in [9.17, 15) is 0 Å². The number of thiazole rings is 1. The maximum absolute atomic E-state index is 8.64. The molecule has 1 aromatic heterocycles. The van der Waals surface area contributed by atoms with Crippen molar-refractivity contribution in [2.24, 2.45) is 16.3 Å². The van der Waals surface area contributed by atoms with Gasteiger partial charge in [-0.1, -0.05) is 5.16 Å². The van der Waals surface area contributed by atoms with E-state index < -0.39 is 0 Å². The SMILES string of the molecule is CC(C)(NCC1(C/C(N)=N/O)CC1)c1nccs1. The van der Waals surface area contributed by atoms with Crippen LogP contribution in [0.3, 0.4) is 0 Å². The molecule has 1 aromatic rings. The number of aromatic nitrogens is 1. The van der Waals surface area contributed by atoms with Crippen molar-refractivity contribution in [2.45, 2.75) is 38.6 Å². The Morgan fingerprint density at radius 1 is 1.67 bits per heavy atom. The molecule has 1 aliphatic rings. The molecule has 18 heavy (non-hydrogen) atoms. The molecule has 0 aromatic carbocycles. The summed E-state index contributed by atoms with van der Waals surface area (Å²) in [7, 11) is 0. The molecule has 1 heterocycles. The third-order valence-electron chi connectivity index (χ3n) is 3.51. The second-order valence-electron chi connectivity index (χ2n) is 5.58. The predicted molar refractivity (Wildman–Crippen MR) is 72.8 cm³/mol. The fourth-order valence-electron chi connectivity index (χ4n) is 2.03. The highest BCUT2D eigenvalue weighted by atomic mass is 32.1. The van der Waals surface area contributed by atoms with Crippen LogP contribution < -0.4 is 11.1 Å². The molecule has 6 heteroatoms. The lowest BCUT2D eigenvalue weighted by atomic mass is 9.99. The van der Waals surface area contributed by atoms with Crippen LogP contribution in [0.15, 0.2) is 16.7 Å². The summed E-state index contributed by atoms with van der Waals surface area (Å²) >= 11 is 1.66. The van der Waals surface area contributed by atoms with Crippen molar-refractivity contribution in [3.05, 3.63) is 16.6 Å². The Balaban J connectivity index is 1.92. The van der Waals surface area contributed by atoms with Gasteiger partial charge in [-0.05, 0) is 32.1 Å². The van der Waals surface area contributed by atoms with Crippen LogP contribution in [-0.4, -0.2) is 22.6 Å². The number of rotatable bonds is 6. The minimum atomic E-state index is -0.130. The molecular formula is C12H20N4OS. The molecule has 5 nitrogen and oxygen atoms in total. The van der Waals surface area contributed by atoms with Crippen LogP contribution >= 0.6 is 11.3 Å². The molecule has 0 saturated heterocycles. The quantitative estimate of drug-likeness (QED) is 0.318. The summed E-state index contributed by atoms with van der Waals surface area (Å²) in [5.41, 5.74) is 5.64. The Morgan fingerprint density at radius 3 is 2.89 bits per heavy atom. The first-order valence-corrected chi connectivity index (χ1v) is 6.97. The molecule has 0 spiro atoms.